The van der Waals surface area contributed by atoms with Gasteiger partial charge in [-0.1, -0.05) is 24.4 Å². The van der Waals surface area contributed by atoms with Gasteiger partial charge in [-0.15, -0.1) is 0 Å². The molecule has 2 rings (SSSR count). The molecule has 20 heavy (non-hydrogen) atoms. The van der Waals surface area contributed by atoms with Crippen LogP contribution in [-0.2, 0) is 10.0 Å². The summed E-state index contributed by atoms with van der Waals surface area (Å²) in [6, 6.07) is 11.0. The van der Waals surface area contributed by atoms with Crippen molar-refractivity contribution in [3.8, 4) is 0 Å². The third-order valence-corrected chi connectivity index (χ3v) is 4.16. The largest absolute Gasteiger partial charge is 0.389 e. The minimum absolute atomic E-state index is 0.0448. The molecule has 0 atom stereocenters. The van der Waals surface area contributed by atoms with Crippen molar-refractivity contribution in [1.82, 2.24) is 0 Å². The number of nitrogens with one attached hydrogen (secondary N) is 1. The van der Waals surface area contributed by atoms with Gasteiger partial charge in [-0.25, -0.2) is 12.8 Å². The highest BCUT2D eigenvalue weighted by atomic mass is 32.2. The molecule has 0 bridgehead atoms. The van der Waals surface area contributed by atoms with Crippen LogP contribution in [0.1, 0.15) is 5.56 Å². The maximum absolute atomic E-state index is 12.8. The first-order valence-corrected chi connectivity index (χ1v) is 7.46. The molecule has 2 aromatic rings. The molecule has 104 valence electrons. The summed E-state index contributed by atoms with van der Waals surface area (Å²) < 4.78 is 39.5. The van der Waals surface area contributed by atoms with Crippen molar-refractivity contribution in [3.05, 3.63) is 59.9 Å². The van der Waals surface area contributed by atoms with Gasteiger partial charge in [0.1, 0.15) is 10.8 Å². The molecular formula is C13H11FN2O2S2. The average molecular weight is 310 g/mol. The summed E-state index contributed by atoms with van der Waals surface area (Å²) >= 11 is 4.87. The van der Waals surface area contributed by atoms with Crippen LogP contribution in [0.25, 0.3) is 0 Å². The minimum Gasteiger partial charge on any atom is -0.389 e. The molecule has 0 fully saturated rings. The fraction of sp³-hybridized carbons (Fsp3) is 0. The SMILES string of the molecule is NC(=S)c1ccccc1NS(=O)(=O)c1ccc(F)cc1. The summed E-state index contributed by atoms with van der Waals surface area (Å²) in [7, 11) is -3.82. The summed E-state index contributed by atoms with van der Waals surface area (Å²) in [4.78, 5) is 0.0408. The summed E-state index contributed by atoms with van der Waals surface area (Å²) in [5, 5.41) is 0. The van der Waals surface area contributed by atoms with Crippen LogP contribution in [0.5, 0.6) is 0 Å². The molecule has 0 aromatic heterocycles. The van der Waals surface area contributed by atoms with E-state index in [1.165, 1.54) is 12.1 Å². The number of benzene rings is 2. The molecule has 0 saturated heterocycles. The Morgan fingerprint density at radius 2 is 1.70 bits per heavy atom. The Morgan fingerprint density at radius 3 is 2.30 bits per heavy atom. The van der Waals surface area contributed by atoms with Gasteiger partial charge in [-0.2, -0.15) is 0 Å². The monoisotopic (exact) mass is 310 g/mol. The van der Waals surface area contributed by atoms with Crippen LogP contribution in [0.3, 0.4) is 0 Å². The van der Waals surface area contributed by atoms with Gasteiger partial charge in [-0.05, 0) is 36.4 Å². The molecule has 0 aliphatic rings. The first-order chi connectivity index (χ1) is 9.40. The molecule has 2 aromatic carbocycles. The quantitative estimate of drug-likeness (QED) is 0.850. The van der Waals surface area contributed by atoms with Crippen molar-refractivity contribution in [1.29, 1.82) is 0 Å². The van der Waals surface area contributed by atoms with Gasteiger partial charge < -0.3 is 5.73 Å². The van der Waals surface area contributed by atoms with E-state index in [9.17, 15) is 12.8 Å². The Kier molecular flexibility index (Phi) is 4.01. The maximum atomic E-state index is 12.8. The first kappa shape index (κ1) is 14.4. The van der Waals surface area contributed by atoms with Gasteiger partial charge in [0, 0.05) is 5.56 Å². The van der Waals surface area contributed by atoms with Gasteiger partial charge in [0.05, 0.1) is 10.6 Å². The van der Waals surface area contributed by atoms with Crippen LogP contribution in [0.15, 0.2) is 53.4 Å². The lowest BCUT2D eigenvalue weighted by molar-refractivity contribution is 0.599. The first-order valence-electron chi connectivity index (χ1n) is 5.57. The Bertz CT molecular complexity index is 743. The molecule has 0 amide bonds. The van der Waals surface area contributed by atoms with Gasteiger partial charge in [0.25, 0.3) is 10.0 Å². The lowest BCUT2D eigenvalue weighted by Crippen LogP contribution is -2.18. The molecule has 4 nitrogen and oxygen atoms in total. The van der Waals surface area contributed by atoms with E-state index in [1.807, 2.05) is 0 Å². The number of para-hydroxylation sites is 1. The highest BCUT2D eigenvalue weighted by molar-refractivity contribution is 7.92. The van der Waals surface area contributed by atoms with E-state index in [0.717, 1.165) is 12.1 Å². The zero-order valence-electron chi connectivity index (χ0n) is 10.2. The second-order valence-corrected chi connectivity index (χ2v) is 6.09. The van der Waals surface area contributed by atoms with Gasteiger partial charge in [0.15, 0.2) is 0 Å². The smallest absolute Gasteiger partial charge is 0.261 e. The molecule has 0 spiro atoms. The number of sulfonamides is 1. The molecule has 0 unspecified atom stereocenters. The highest BCUT2D eigenvalue weighted by Crippen LogP contribution is 2.20. The highest BCUT2D eigenvalue weighted by Gasteiger charge is 2.16. The number of hydrogen-bond donors (Lipinski definition) is 2. The lowest BCUT2D eigenvalue weighted by Gasteiger charge is -2.11. The Labute approximate surface area is 121 Å². The average Bonchev–Trinajstić information content (AvgIpc) is 2.39. The van der Waals surface area contributed by atoms with Crippen LogP contribution in [0.4, 0.5) is 10.1 Å². The van der Waals surface area contributed by atoms with E-state index in [1.54, 1.807) is 24.3 Å². The zero-order valence-corrected chi connectivity index (χ0v) is 11.8. The van der Waals surface area contributed by atoms with E-state index >= 15 is 0 Å². The van der Waals surface area contributed by atoms with Crippen LogP contribution < -0.4 is 10.5 Å². The molecule has 0 radical (unpaired) electrons. The van der Waals surface area contributed by atoms with Crippen LogP contribution >= 0.6 is 12.2 Å². The van der Waals surface area contributed by atoms with Crippen molar-refractivity contribution in [2.45, 2.75) is 4.90 Å². The molecule has 3 N–H and O–H groups in total. The summed E-state index contributed by atoms with van der Waals surface area (Å²) in [5.41, 5.74) is 6.25. The van der Waals surface area contributed by atoms with E-state index in [-0.39, 0.29) is 15.6 Å². The van der Waals surface area contributed by atoms with E-state index < -0.39 is 15.8 Å². The normalized spacial score (nSPS) is 11.1. The van der Waals surface area contributed by atoms with E-state index in [2.05, 4.69) is 4.72 Å². The Balaban J connectivity index is 2.38. The maximum Gasteiger partial charge on any atom is 0.261 e. The van der Waals surface area contributed by atoms with E-state index in [4.69, 9.17) is 18.0 Å². The predicted octanol–water partition coefficient (Wildman–Crippen LogP) is 2.26. The van der Waals surface area contributed by atoms with Crippen LogP contribution in [0.2, 0.25) is 0 Å². The topological polar surface area (TPSA) is 72.2 Å². The molecular weight excluding hydrogens is 299 g/mol. The molecule has 0 aliphatic carbocycles. The minimum atomic E-state index is -3.82. The molecule has 7 heteroatoms. The van der Waals surface area contributed by atoms with Crippen molar-refractivity contribution < 1.29 is 12.8 Å². The lowest BCUT2D eigenvalue weighted by atomic mass is 10.2. The molecule has 0 saturated carbocycles. The fourth-order valence-electron chi connectivity index (χ4n) is 1.60. The van der Waals surface area contributed by atoms with Crippen LogP contribution in [-0.4, -0.2) is 13.4 Å². The Hall–Kier alpha value is -1.99. The van der Waals surface area contributed by atoms with Crippen molar-refractivity contribution in [2.75, 3.05) is 4.72 Å². The summed E-state index contributed by atoms with van der Waals surface area (Å²) in [5.74, 6) is -0.507. The second kappa shape index (κ2) is 5.56. The number of anilines is 1. The standard InChI is InChI=1S/C13H11FN2O2S2/c14-9-5-7-10(8-6-9)20(17,18)16-12-4-2-1-3-11(12)13(15)19/h1-8,16H,(H2,15,19). The van der Waals surface area contributed by atoms with Crippen molar-refractivity contribution in [2.24, 2.45) is 5.73 Å². The number of rotatable bonds is 4. The van der Waals surface area contributed by atoms with Gasteiger partial charge in [0.2, 0.25) is 0 Å². The van der Waals surface area contributed by atoms with Crippen molar-refractivity contribution in [3.63, 3.8) is 0 Å². The fourth-order valence-corrected chi connectivity index (χ4v) is 2.86. The number of thiocarbonyl (C=S) groups is 1. The van der Waals surface area contributed by atoms with Gasteiger partial charge in [-0.3, -0.25) is 4.72 Å². The third kappa shape index (κ3) is 3.12. The van der Waals surface area contributed by atoms with E-state index in [0.29, 0.717) is 5.56 Å². The predicted molar refractivity (Wildman–Crippen MR) is 79.5 cm³/mol. The van der Waals surface area contributed by atoms with Gasteiger partial charge >= 0.3 is 0 Å². The number of halogens is 1. The zero-order chi connectivity index (χ0) is 14.8. The second-order valence-electron chi connectivity index (χ2n) is 3.97. The number of nitrogens with two attached hydrogens (primary N) is 1. The molecule has 0 aliphatic heterocycles. The molecule has 0 heterocycles. The Morgan fingerprint density at radius 1 is 1.10 bits per heavy atom. The van der Waals surface area contributed by atoms with Crippen molar-refractivity contribution >= 4 is 32.9 Å². The third-order valence-electron chi connectivity index (χ3n) is 2.56. The van der Waals surface area contributed by atoms with Crippen LogP contribution in [0, 0.1) is 5.82 Å². The summed E-state index contributed by atoms with van der Waals surface area (Å²) in [6.45, 7) is 0. The number of hydrogen-bond acceptors (Lipinski definition) is 3. The summed E-state index contributed by atoms with van der Waals surface area (Å²) in [6.07, 6.45) is 0.